The van der Waals surface area contributed by atoms with E-state index in [-0.39, 0.29) is 35.1 Å². The average Bonchev–Trinajstić information content (AvgIpc) is 3.09. The van der Waals surface area contributed by atoms with Gasteiger partial charge in [-0.2, -0.15) is 0 Å². The lowest BCUT2D eigenvalue weighted by atomic mass is 9.66. The number of ether oxygens (including phenoxy) is 3. The van der Waals surface area contributed by atoms with Crippen LogP contribution in [-0.4, -0.2) is 68.5 Å². The number of rotatable bonds is 0. The van der Waals surface area contributed by atoms with E-state index >= 15 is 0 Å². The molecule has 7 atom stereocenters. The SMILES string of the molecule is CC1OC2C[C@@H](O)C1(O)c1c(O)c3c(c(O)c12)C(=O)C1=C(C3=O)[C@H](C)O[C@H]2CC(=O)O[C@@H]12. The first-order valence-electron chi connectivity index (χ1n) is 10.4. The fraction of sp³-hybridized carbons (Fsp3) is 0.500. The smallest absolute Gasteiger partial charge is 0.309 e. The minimum absolute atomic E-state index is 0.0302. The van der Waals surface area contributed by atoms with Crippen molar-refractivity contribution in [3.63, 3.8) is 0 Å². The van der Waals surface area contributed by atoms with E-state index in [1.165, 1.54) is 6.92 Å². The van der Waals surface area contributed by atoms with Gasteiger partial charge in [-0.3, -0.25) is 14.4 Å². The Bertz CT molecular complexity index is 1170. The van der Waals surface area contributed by atoms with Crippen molar-refractivity contribution in [2.45, 2.75) is 68.9 Å². The van der Waals surface area contributed by atoms with Crippen LogP contribution in [0.15, 0.2) is 11.1 Å². The third kappa shape index (κ3) is 2.06. The molecule has 0 aromatic heterocycles. The summed E-state index contributed by atoms with van der Waals surface area (Å²) in [6.07, 6.45) is -5.98. The Morgan fingerprint density at radius 1 is 0.969 bits per heavy atom. The molecule has 3 unspecified atom stereocenters. The Balaban J connectivity index is 1.64. The maximum Gasteiger partial charge on any atom is 0.309 e. The molecule has 32 heavy (non-hydrogen) atoms. The monoisotopic (exact) mass is 444 g/mol. The van der Waals surface area contributed by atoms with E-state index in [9.17, 15) is 34.8 Å². The van der Waals surface area contributed by atoms with Gasteiger partial charge in [0.2, 0.25) is 0 Å². The van der Waals surface area contributed by atoms with E-state index in [0.29, 0.717) is 0 Å². The van der Waals surface area contributed by atoms with Crippen molar-refractivity contribution < 1.29 is 49.0 Å². The molecule has 6 aliphatic rings. The number of phenols is 2. The number of phenolic OH excluding ortho intramolecular Hbond substituents is 2. The quantitative estimate of drug-likeness (QED) is 0.323. The zero-order chi connectivity index (χ0) is 22.9. The van der Waals surface area contributed by atoms with Crippen LogP contribution in [0, 0.1) is 0 Å². The topological polar surface area (TPSA) is 160 Å². The molecule has 2 fully saturated rings. The Morgan fingerprint density at radius 2 is 1.62 bits per heavy atom. The van der Waals surface area contributed by atoms with Gasteiger partial charge in [0.05, 0.1) is 47.5 Å². The first kappa shape index (κ1) is 19.9. The van der Waals surface area contributed by atoms with Crippen LogP contribution < -0.4 is 0 Å². The highest BCUT2D eigenvalue weighted by Crippen LogP contribution is 2.59. The third-order valence-corrected chi connectivity index (χ3v) is 7.41. The third-order valence-electron chi connectivity index (χ3n) is 7.41. The second-order valence-electron chi connectivity index (χ2n) is 9.00. The number of carbonyl (C=O) groups is 3. The van der Waals surface area contributed by atoms with Crippen LogP contribution in [-0.2, 0) is 24.6 Å². The molecule has 0 spiro atoms. The van der Waals surface area contributed by atoms with Gasteiger partial charge in [-0.05, 0) is 13.8 Å². The maximum atomic E-state index is 13.6. The van der Waals surface area contributed by atoms with Crippen LogP contribution >= 0.6 is 0 Å². The standard InChI is InChI=1S/C22H20O10/c1-5-11-15(21-8(30-5)4-10(24)32-21)19(27)13-14(17(11)25)20(28)16-12(18(13)26)7-3-9(23)22(16,29)6(2)31-7/h5-9,21,23,26,28-29H,3-4H2,1-2H3/t5-,6?,7?,8-,9+,21+,22?/m0/s1. The summed E-state index contributed by atoms with van der Waals surface area (Å²) in [5, 5.41) is 44.1. The lowest BCUT2D eigenvalue weighted by molar-refractivity contribution is -0.246. The molecule has 1 aromatic carbocycles. The Labute approximate surface area is 181 Å². The van der Waals surface area contributed by atoms with Crippen LogP contribution in [0.4, 0.5) is 0 Å². The van der Waals surface area contributed by atoms with Crippen LogP contribution in [0.3, 0.4) is 0 Å². The zero-order valence-corrected chi connectivity index (χ0v) is 17.1. The summed E-state index contributed by atoms with van der Waals surface area (Å²) < 4.78 is 16.7. The summed E-state index contributed by atoms with van der Waals surface area (Å²) in [6, 6.07) is 0. The van der Waals surface area contributed by atoms with Crippen molar-refractivity contribution >= 4 is 17.5 Å². The molecular weight excluding hydrogens is 424 g/mol. The minimum atomic E-state index is -2.08. The van der Waals surface area contributed by atoms with Crippen molar-refractivity contribution in [1.82, 2.24) is 0 Å². The van der Waals surface area contributed by atoms with Crippen LogP contribution in [0.2, 0.25) is 0 Å². The van der Waals surface area contributed by atoms with E-state index < -0.39 is 82.4 Å². The van der Waals surface area contributed by atoms with Crippen molar-refractivity contribution in [1.29, 1.82) is 0 Å². The lowest BCUT2D eigenvalue weighted by Crippen LogP contribution is -2.58. The van der Waals surface area contributed by atoms with Crippen molar-refractivity contribution in [3.05, 3.63) is 33.4 Å². The summed E-state index contributed by atoms with van der Waals surface area (Å²) in [5.74, 6) is -3.38. The predicted molar refractivity (Wildman–Crippen MR) is 102 cm³/mol. The molecule has 10 nitrogen and oxygen atoms in total. The van der Waals surface area contributed by atoms with Crippen molar-refractivity contribution in [2.75, 3.05) is 0 Å². The van der Waals surface area contributed by atoms with Gasteiger partial charge in [0.15, 0.2) is 17.7 Å². The molecule has 2 bridgehead atoms. The maximum absolute atomic E-state index is 13.6. The summed E-state index contributed by atoms with van der Waals surface area (Å²) >= 11 is 0. The molecule has 2 saturated heterocycles. The molecule has 10 heteroatoms. The first-order chi connectivity index (χ1) is 15.1. The number of fused-ring (bicyclic) bond motifs is 5. The second kappa shape index (κ2) is 5.96. The van der Waals surface area contributed by atoms with E-state index in [2.05, 4.69) is 0 Å². The Kier molecular flexibility index (Phi) is 3.70. The zero-order valence-electron chi connectivity index (χ0n) is 17.1. The number of benzene rings is 1. The fourth-order valence-corrected chi connectivity index (χ4v) is 5.95. The van der Waals surface area contributed by atoms with E-state index in [1.807, 2.05) is 0 Å². The molecule has 4 heterocycles. The highest BCUT2D eigenvalue weighted by molar-refractivity contribution is 6.30. The number of aromatic hydroxyl groups is 2. The van der Waals surface area contributed by atoms with Crippen LogP contribution in [0.25, 0.3) is 0 Å². The van der Waals surface area contributed by atoms with Gasteiger partial charge in [0, 0.05) is 23.1 Å². The van der Waals surface area contributed by atoms with Gasteiger partial charge >= 0.3 is 5.97 Å². The van der Waals surface area contributed by atoms with Gasteiger partial charge in [-0.15, -0.1) is 0 Å². The van der Waals surface area contributed by atoms with Gasteiger partial charge < -0.3 is 34.6 Å². The van der Waals surface area contributed by atoms with Gasteiger partial charge in [-0.1, -0.05) is 0 Å². The number of aliphatic hydroxyl groups is 2. The fourth-order valence-electron chi connectivity index (χ4n) is 5.95. The molecule has 0 amide bonds. The lowest BCUT2D eigenvalue weighted by Gasteiger charge is -2.52. The number of Topliss-reactive ketones (excluding diaryl/α,β-unsaturated/α-hetero) is 2. The molecule has 7 rings (SSSR count). The van der Waals surface area contributed by atoms with Crippen LogP contribution in [0.5, 0.6) is 11.5 Å². The summed E-state index contributed by atoms with van der Waals surface area (Å²) in [6.45, 7) is 3.06. The molecule has 2 aliphatic carbocycles. The molecule has 0 saturated carbocycles. The number of esters is 1. The molecule has 0 radical (unpaired) electrons. The van der Waals surface area contributed by atoms with E-state index in [1.54, 1.807) is 6.92 Å². The molecular formula is C22H20O10. The Morgan fingerprint density at radius 3 is 2.31 bits per heavy atom. The number of hydrogen-bond acceptors (Lipinski definition) is 10. The van der Waals surface area contributed by atoms with Gasteiger partial charge in [0.1, 0.15) is 23.2 Å². The molecule has 1 aromatic rings. The van der Waals surface area contributed by atoms with Gasteiger partial charge in [-0.25, -0.2) is 0 Å². The molecule has 4 aliphatic heterocycles. The summed E-state index contributed by atoms with van der Waals surface area (Å²) in [5.41, 5.74) is -3.36. The number of carbonyl (C=O) groups excluding carboxylic acids is 3. The second-order valence-corrected chi connectivity index (χ2v) is 9.00. The van der Waals surface area contributed by atoms with E-state index in [0.717, 1.165) is 0 Å². The Hall–Kier alpha value is -2.79. The predicted octanol–water partition coefficient (Wildman–Crippen LogP) is 0.288. The number of hydrogen-bond donors (Lipinski definition) is 4. The van der Waals surface area contributed by atoms with Crippen LogP contribution in [0.1, 0.15) is 64.6 Å². The highest BCUT2D eigenvalue weighted by atomic mass is 16.6. The van der Waals surface area contributed by atoms with Crippen molar-refractivity contribution in [2.24, 2.45) is 0 Å². The van der Waals surface area contributed by atoms with E-state index in [4.69, 9.17) is 14.2 Å². The largest absolute Gasteiger partial charge is 0.507 e. The first-order valence-corrected chi connectivity index (χ1v) is 10.4. The number of ketones is 2. The molecule has 168 valence electrons. The summed E-state index contributed by atoms with van der Waals surface area (Å²) in [7, 11) is 0. The number of aliphatic hydroxyl groups excluding tert-OH is 1. The highest BCUT2D eigenvalue weighted by Gasteiger charge is 2.60. The molecule has 4 N–H and O–H groups in total. The van der Waals surface area contributed by atoms with Crippen molar-refractivity contribution in [3.8, 4) is 11.5 Å². The summed E-state index contributed by atoms with van der Waals surface area (Å²) in [4.78, 5) is 39.0. The average molecular weight is 444 g/mol. The minimum Gasteiger partial charge on any atom is -0.507 e. The van der Waals surface area contributed by atoms with Gasteiger partial charge in [0.25, 0.3) is 0 Å². The normalized spacial score (nSPS) is 39.4.